The van der Waals surface area contributed by atoms with Gasteiger partial charge in [0.25, 0.3) is 0 Å². The van der Waals surface area contributed by atoms with Gasteiger partial charge in [0.2, 0.25) is 0 Å². The van der Waals surface area contributed by atoms with Crippen molar-refractivity contribution >= 4 is 27.6 Å². The first-order valence-corrected chi connectivity index (χ1v) is 12.3. The summed E-state index contributed by atoms with van der Waals surface area (Å²) in [5.74, 6) is 0. The lowest BCUT2D eigenvalue weighted by molar-refractivity contribution is 0.803. The zero-order valence-corrected chi connectivity index (χ0v) is 19.2. The highest BCUT2D eigenvalue weighted by molar-refractivity contribution is 6.13. The molecule has 1 spiro atoms. The third-order valence-corrected chi connectivity index (χ3v) is 8.09. The third kappa shape index (κ3) is 2.36. The normalized spacial score (nSPS) is 14.4. The second kappa shape index (κ2) is 6.81. The van der Waals surface area contributed by atoms with Crippen LogP contribution in [0.5, 0.6) is 0 Å². The third-order valence-electron chi connectivity index (χ3n) is 8.09. The number of hydrogen-bond acceptors (Lipinski definition) is 0. The minimum Gasteiger partial charge on any atom is -0.0645 e. The predicted molar refractivity (Wildman–Crippen MR) is 148 cm³/mol. The first-order chi connectivity index (χ1) is 17.4. The molecule has 0 amide bonds. The van der Waals surface area contributed by atoms with Gasteiger partial charge in [0.15, 0.2) is 0 Å². The highest BCUT2D eigenvalue weighted by Gasteiger charge is 2.43. The zero-order chi connectivity index (χ0) is 23.0. The van der Waals surface area contributed by atoms with Gasteiger partial charge in [-0.15, -0.1) is 0 Å². The van der Waals surface area contributed by atoms with Crippen LogP contribution in [0.3, 0.4) is 0 Å². The van der Waals surface area contributed by atoms with Crippen molar-refractivity contribution in [1.29, 1.82) is 0 Å². The van der Waals surface area contributed by atoms with Crippen molar-refractivity contribution < 1.29 is 0 Å². The van der Waals surface area contributed by atoms with Crippen molar-refractivity contribution in [2.45, 2.75) is 5.41 Å². The van der Waals surface area contributed by atoms with Crippen LogP contribution in [0.2, 0.25) is 0 Å². The summed E-state index contributed by atoms with van der Waals surface area (Å²) in [5, 5.41) is 5.26. The molecule has 0 saturated carbocycles. The lowest BCUT2D eigenvalue weighted by Gasteiger charge is -2.33. The topological polar surface area (TPSA) is 0 Å². The summed E-state index contributed by atoms with van der Waals surface area (Å²) in [7, 11) is 0. The lowest BCUT2D eigenvalue weighted by atomic mass is 9.68. The molecule has 6 aromatic rings. The molecule has 2 aliphatic rings. The summed E-state index contributed by atoms with van der Waals surface area (Å²) in [5.41, 5.74) is 10.3. The van der Waals surface area contributed by atoms with Crippen molar-refractivity contribution in [2.75, 3.05) is 0 Å². The highest BCUT2D eigenvalue weighted by atomic mass is 14.4. The van der Waals surface area contributed by atoms with E-state index in [0.29, 0.717) is 0 Å². The molecule has 0 N–H and O–H groups in total. The van der Waals surface area contributed by atoms with E-state index in [1.807, 2.05) is 0 Å². The van der Waals surface area contributed by atoms with Crippen LogP contribution in [0.15, 0.2) is 127 Å². The Hall–Kier alpha value is -4.42. The number of fused-ring (bicyclic) bond motifs is 13. The maximum absolute atomic E-state index is 2.46. The van der Waals surface area contributed by atoms with E-state index >= 15 is 0 Å². The Morgan fingerprint density at radius 2 is 0.943 bits per heavy atom. The SMILES string of the molecule is C1=CC2(c3ccccc3-c3ccccc3-c3ccccc32)c2ccc3ccc4ccccc4c3c21. The molecule has 35 heavy (non-hydrogen) atoms. The van der Waals surface area contributed by atoms with E-state index < -0.39 is 0 Å². The number of benzene rings is 6. The summed E-state index contributed by atoms with van der Waals surface area (Å²) < 4.78 is 0. The average Bonchev–Trinajstić information content (AvgIpc) is 3.29. The summed E-state index contributed by atoms with van der Waals surface area (Å²) >= 11 is 0. The van der Waals surface area contributed by atoms with Gasteiger partial charge in [0.1, 0.15) is 0 Å². The van der Waals surface area contributed by atoms with E-state index in [4.69, 9.17) is 0 Å². The van der Waals surface area contributed by atoms with Crippen LogP contribution in [0.25, 0.3) is 49.9 Å². The Labute approximate surface area is 204 Å². The summed E-state index contributed by atoms with van der Waals surface area (Å²) in [6.07, 6.45) is 4.84. The maximum Gasteiger partial charge on any atom is 0.0653 e. The fourth-order valence-electron chi connectivity index (χ4n) is 6.63. The number of allylic oxidation sites excluding steroid dienone is 1. The van der Waals surface area contributed by atoms with Crippen LogP contribution in [0.4, 0.5) is 0 Å². The molecule has 0 fully saturated rings. The quantitative estimate of drug-likeness (QED) is 0.206. The van der Waals surface area contributed by atoms with Crippen molar-refractivity contribution in [3.05, 3.63) is 150 Å². The molecule has 0 bridgehead atoms. The van der Waals surface area contributed by atoms with Crippen LogP contribution in [0.1, 0.15) is 22.3 Å². The Bertz CT molecular complexity index is 1780. The molecule has 0 heterocycles. The molecule has 0 unspecified atom stereocenters. The molecule has 0 nitrogen and oxygen atoms in total. The monoisotopic (exact) mass is 442 g/mol. The van der Waals surface area contributed by atoms with E-state index in [2.05, 4.69) is 133 Å². The minimum atomic E-state index is -0.341. The van der Waals surface area contributed by atoms with Gasteiger partial charge in [-0.1, -0.05) is 133 Å². The molecular formula is C35H22. The zero-order valence-electron chi connectivity index (χ0n) is 19.2. The van der Waals surface area contributed by atoms with Crippen LogP contribution in [0, 0.1) is 0 Å². The molecule has 8 rings (SSSR count). The molecule has 0 saturated heterocycles. The number of hydrogen-bond donors (Lipinski definition) is 0. The van der Waals surface area contributed by atoms with Gasteiger partial charge in [-0.05, 0) is 66.1 Å². The van der Waals surface area contributed by atoms with E-state index in [1.165, 1.54) is 66.1 Å². The van der Waals surface area contributed by atoms with Gasteiger partial charge in [-0.3, -0.25) is 0 Å². The van der Waals surface area contributed by atoms with Crippen LogP contribution in [-0.4, -0.2) is 0 Å². The minimum absolute atomic E-state index is 0.341. The van der Waals surface area contributed by atoms with E-state index in [-0.39, 0.29) is 5.41 Å². The first kappa shape index (κ1) is 18.9. The van der Waals surface area contributed by atoms with Crippen molar-refractivity contribution in [1.82, 2.24) is 0 Å². The van der Waals surface area contributed by atoms with Crippen LogP contribution >= 0.6 is 0 Å². The molecule has 2 aliphatic carbocycles. The molecule has 0 heteroatoms. The second-order valence-electron chi connectivity index (χ2n) is 9.69. The van der Waals surface area contributed by atoms with Gasteiger partial charge in [0, 0.05) is 0 Å². The molecule has 0 aromatic heterocycles. The fourth-order valence-corrected chi connectivity index (χ4v) is 6.63. The molecule has 6 aromatic carbocycles. The van der Waals surface area contributed by atoms with Crippen LogP contribution in [-0.2, 0) is 5.41 Å². The fraction of sp³-hybridized carbons (Fsp3) is 0.0286. The van der Waals surface area contributed by atoms with Crippen molar-refractivity contribution in [2.24, 2.45) is 0 Å². The summed E-state index contributed by atoms with van der Waals surface area (Å²) in [6, 6.07) is 44.8. The number of rotatable bonds is 0. The van der Waals surface area contributed by atoms with E-state index in [1.54, 1.807) is 0 Å². The molecule has 0 aliphatic heterocycles. The molecular weight excluding hydrogens is 420 g/mol. The van der Waals surface area contributed by atoms with Gasteiger partial charge in [-0.25, -0.2) is 0 Å². The predicted octanol–water partition coefficient (Wildman–Crippen LogP) is 9.00. The molecule has 0 radical (unpaired) electrons. The van der Waals surface area contributed by atoms with E-state index in [9.17, 15) is 0 Å². The second-order valence-corrected chi connectivity index (χ2v) is 9.69. The van der Waals surface area contributed by atoms with E-state index in [0.717, 1.165) is 0 Å². The average molecular weight is 443 g/mol. The summed E-state index contributed by atoms with van der Waals surface area (Å²) in [6.45, 7) is 0. The Morgan fingerprint density at radius 1 is 0.400 bits per heavy atom. The van der Waals surface area contributed by atoms with Crippen molar-refractivity contribution in [3.8, 4) is 22.3 Å². The smallest absolute Gasteiger partial charge is 0.0645 e. The largest absolute Gasteiger partial charge is 0.0653 e. The van der Waals surface area contributed by atoms with Crippen molar-refractivity contribution in [3.63, 3.8) is 0 Å². The highest BCUT2D eigenvalue weighted by Crippen LogP contribution is 2.56. The Morgan fingerprint density at radius 3 is 1.66 bits per heavy atom. The molecule has 0 atom stereocenters. The molecule has 162 valence electrons. The first-order valence-electron chi connectivity index (χ1n) is 12.3. The van der Waals surface area contributed by atoms with Gasteiger partial charge >= 0.3 is 0 Å². The van der Waals surface area contributed by atoms with Gasteiger partial charge in [0.05, 0.1) is 5.41 Å². The standard InChI is InChI=1S/C35H22/c1-2-10-25-23(9-1)17-18-24-19-20-33-30(34(24)25)21-22-35(33)31-15-7-5-13-28(31)26-11-3-4-12-27(26)29-14-6-8-16-32(29)35/h1-22H. The Balaban J connectivity index is 1.57. The van der Waals surface area contributed by atoms with Gasteiger partial charge in [-0.2, -0.15) is 0 Å². The van der Waals surface area contributed by atoms with Crippen LogP contribution < -0.4 is 0 Å². The maximum atomic E-state index is 2.46. The summed E-state index contributed by atoms with van der Waals surface area (Å²) in [4.78, 5) is 0. The van der Waals surface area contributed by atoms with Gasteiger partial charge < -0.3 is 0 Å². The Kier molecular flexibility index (Phi) is 3.68. The lowest BCUT2D eigenvalue weighted by Crippen LogP contribution is -2.26.